The van der Waals surface area contributed by atoms with E-state index in [0.717, 1.165) is 36.6 Å². The van der Waals surface area contributed by atoms with Crippen LogP contribution in [0.25, 0.3) is 0 Å². The number of pyridine rings is 1. The Labute approximate surface area is 148 Å². The van der Waals surface area contributed by atoms with Crippen molar-refractivity contribution in [3.8, 4) is 5.88 Å². The van der Waals surface area contributed by atoms with Crippen LogP contribution >= 0.6 is 0 Å². The van der Waals surface area contributed by atoms with Crippen molar-refractivity contribution in [3.05, 3.63) is 36.3 Å². The predicted molar refractivity (Wildman–Crippen MR) is 96.8 cm³/mol. The summed E-state index contributed by atoms with van der Waals surface area (Å²) in [5, 5.41) is 12.8. The third-order valence-corrected chi connectivity index (χ3v) is 4.16. The van der Waals surface area contributed by atoms with Crippen LogP contribution in [0.2, 0.25) is 0 Å². The molecule has 2 aromatic rings. The van der Waals surface area contributed by atoms with Gasteiger partial charge >= 0.3 is 0 Å². The van der Waals surface area contributed by atoms with E-state index >= 15 is 0 Å². The van der Waals surface area contributed by atoms with Gasteiger partial charge in [0.2, 0.25) is 5.88 Å². The first-order chi connectivity index (χ1) is 12.2. The molecule has 0 radical (unpaired) electrons. The fourth-order valence-electron chi connectivity index (χ4n) is 2.95. The van der Waals surface area contributed by atoms with Gasteiger partial charge < -0.3 is 20.1 Å². The zero-order valence-electron chi connectivity index (χ0n) is 14.7. The molecule has 0 amide bonds. The van der Waals surface area contributed by atoms with Gasteiger partial charge in [-0.3, -0.25) is 0 Å². The number of nitrogens with zero attached hydrogens (tertiary/aromatic N) is 4. The molecule has 134 valence electrons. The van der Waals surface area contributed by atoms with Crippen molar-refractivity contribution in [2.24, 2.45) is 0 Å². The van der Waals surface area contributed by atoms with Crippen molar-refractivity contribution in [3.63, 3.8) is 0 Å². The summed E-state index contributed by atoms with van der Waals surface area (Å²) in [4.78, 5) is 15.1. The number of ether oxygens (including phenoxy) is 1. The summed E-state index contributed by atoms with van der Waals surface area (Å²) in [6.07, 6.45) is 5.55. The summed E-state index contributed by atoms with van der Waals surface area (Å²) < 4.78 is 5.55. The van der Waals surface area contributed by atoms with Crippen LogP contribution in [0.15, 0.2) is 30.7 Å². The lowest BCUT2D eigenvalue weighted by molar-refractivity contribution is 0.232. The number of aromatic nitrogens is 3. The molecule has 25 heavy (non-hydrogen) atoms. The Morgan fingerprint density at radius 3 is 2.92 bits per heavy atom. The smallest absolute Gasteiger partial charge is 0.213 e. The molecule has 1 fully saturated rings. The Bertz CT molecular complexity index is 677. The SMILES string of the molecule is CC(C)Oc1ccc(CNc2cc(N3CCC[C@@H]3CO)ncn2)cn1. The zero-order chi connectivity index (χ0) is 17.6. The summed E-state index contributed by atoms with van der Waals surface area (Å²) in [5.41, 5.74) is 1.05. The predicted octanol–water partition coefficient (Wildman–Crippen LogP) is 2.23. The molecule has 0 spiro atoms. The van der Waals surface area contributed by atoms with Crippen LogP contribution in [-0.2, 0) is 6.54 Å². The van der Waals surface area contributed by atoms with Gasteiger partial charge in [0.25, 0.3) is 0 Å². The minimum absolute atomic E-state index is 0.115. The molecule has 1 aliphatic heterocycles. The first-order valence-corrected chi connectivity index (χ1v) is 8.70. The lowest BCUT2D eigenvalue weighted by Gasteiger charge is -2.24. The third kappa shape index (κ3) is 4.57. The van der Waals surface area contributed by atoms with Gasteiger partial charge in [-0.25, -0.2) is 15.0 Å². The number of hydrogen-bond donors (Lipinski definition) is 2. The summed E-state index contributed by atoms with van der Waals surface area (Å²) in [5.74, 6) is 2.25. The average molecular weight is 343 g/mol. The van der Waals surface area contributed by atoms with Gasteiger partial charge in [-0.2, -0.15) is 0 Å². The van der Waals surface area contributed by atoms with Gasteiger partial charge in [-0.05, 0) is 32.3 Å². The summed E-state index contributed by atoms with van der Waals surface area (Å²) in [7, 11) is 0. The van der Waals surface area contributed by atoms with Crippen LogP contribution in [0.4, 0.5) is 11.6 Å². The molecule has 3 rings (SSSR count). The van der Waals surface area contributed by atoms with E-state index in [4.69, 9.17) is 4.74 Å². The highest BCUT2D eigenvalue weighted by molar-refractivity contribution is 5.50. The minimum atomic E-state index is 0.115. The molecular weight excluding hydrogens is 318 g/mol. The second kappa shape index (κ2) is 8.11. The van der Waals surface area contributed by atoms with Gasteiger partial charge in [0.05, 0.1) is 18.8 Å². The van der Waals surface area contributed by atoms with Crippen LogP contribution in [0.3, 0.4) is 0 Å². The van der Waals surface area contributed by atoms with Crippen molar-refractivity contribution in [1.29, 1.82) is 0 Å². The summed E-state index contributed by atoms with van der Waals surface area (Å²) in [6, 6.07) is 5.94. The number of hydrogen-bond acceptors (Lipinski definition) is 7. The standard InChI is InChI=1S/C18H25N5O2/c1-13(2)25-18-6-5-14(10-20-18)9-19-16-8-17(22-12-21-16)23-7-3-4-15(23)11-24/h5-6,8,10,12-13,15,24H,3-4,7,9,11H2,1-2H3,(H,19,21,22)/t15-/m1/s1. The van der Waals surface area contributed by atoms with Crippen LogP contribution in [0.1, 0.15) is 32.3 Å². The molecule has 3 heterocycles. The molecule has 1 atom stereocenters. The van der Waals surface area contributed by atoms with Crippen molar-refractivity contribution in [2.45, 2.75) is 45.4 Å². The van der Waals surface area contributed by atoms with Crippen LogP contribution < -0.4 is 15.0 Å². The maximum Gasteiger partial charge on any atom is 0.213 e. The van der Waals surface area contributed by atoms with Crippen molar-refractivity contribution in [2.75, 3.05) is 23.4 Å². The van der Waals surface area contributed by atoms with E-state index in [-0.39, 0.29) is 18.8 Å². The first-order valence-electron chi connectivity index (χ1n) is 8.70. The number of aliphatic hydroxyl groups excluding tert-OH is 1. The largest absolute Gasteiger partial charge is 0.475 e. The van der Waals surface area contributed by atoms with Crippen LogP contribution in [0, 0.1) is 0 Å². The normalized spacial score (nSPS) is 17.1. The fraction of sp³-hybridized carbons (Fsp3) is 0.500. The monoisotopic (exact) mass is 343 g/mol. The molecule has 0 bridgehead atoms. The average Bonchev–Trinajstić information content (AvgIpc) is 3.10. The zero-order valence-corrected chi connectivity index (χ0v) is 14.7. The van der Waals surface area contributed by atoms with E-state index in [1.54, 1.807) is 12.5 Å². The van der Waals surface area contributed by atoms with Gasteiger partial charge in [-0.15, -0.1) is 0 Å². The molecule has 2 aromatic heterocycles. The maximum absolute atomic E-state index is 9.48. The van der Waals surface area contributed by atoms with Crippen molar-refractivity contribution in [1.82, 2.24) is 15.0 Å². The van der Waals surface area contributed by atoms with Crippen LogP contribution in [-0.4, -0.2) is 45.4 Å². The van der Waals surface area contributed by atoms with Gasteiger partial charge in [0.1, 0.15) is 18.0 Å². The molecule has 7 heteroatoms. The Hall–Kier alpha value is -2.41. The molecule has 1 saturated heterocycles. The Morgan fingerprint density at radius 1 is 1.32 bits per heavy atom. The Balaban J connectivity index is 1.61. The second-order valence-corrected chi connectivity index (χ2v) is 6.46. The van der Waals surface area contributed by atoms with E-state index in [1.807, 2.05) is 32.0 Å². The first kappa shape index (κ1) is 17.4. The highest BCUT2D eigenvalue weighted by Gasteiger charge is 2.25. The maximum atomic E-state index is 9.48. The minimum Gasteiger partial charge on any atom is -0.475 e. The lowest BCUT2D eigenvalue weighted by Crippen LogP contribution is -2.32. The molecule has 2 N–H and O–H groups in total. The molecule has 7 nitrogen and oxygen atoms in total. The number of anilines is 2. The number of rotatable bonds is 7. The summed E-state index contributed by atoms with van der Waals surface area (Å²) in [6.45, 7) is 5.65. The second-order valence-electron chi connectivity index (χ2n) is 6.46. The summed E-state index contributed by atoms with van der Waals surface area (Å²) >= 11 is 0. The highest BCUT2D eigenvalue weighted by atomic mass is 16.5. The molecular formula is C18H25N5O2. The third-order valence-electron chi connectivity index (χ3n) is 4.16. The topological polar surface area (TPSA) is 83.4 Å². The van der Waals surface area contributed by atoms with Crippen molar-refractivity contribution < 1.29 is 9.84 Å². The van der Waals surface area contributed by atoms with E-state index in [0.29, 0.717) is 12.4 Å². The molecule has 1 aliphatic rings. The quantitative estimate of drug-likeness (QED) is 0.797. The number of aliphatic hydroxyl groups is 1. The van der Waals surface area contributed by atoms with E-state index in [9.17, 15) is 5.11 Å². The molecule has 0 saturated carbocycles. The highest BCUT2D eigenvalue weighted by Crippen LogP contribution is 2.24. The van der Waals surface area contributed by atoms with Gasteiger partial charge in [-0.1, -0.05) is 6.07 Å². The van der Waals surface area contributed by atoms with E-state index in [1.165, 1.54) is 0 Å². The van der Waals surface area contributed by atoms with E-state index in [2.05, 4.69) is 25.2 Å². The van der Waals surface area contributed by atoms with Gasteiger partial charge in [0, 0.05) is 31.4 Å². The Morgan fingerprint density at radius 2 is 2.20 bits per heavy atom. The number of nitrogens with one attached hydrogen (secondary N) is 1. The van der Waals surface area contributed by atoms with Crippen molar-refractivity contribution >= 4 is 11.6 Å². The lowest BCUT2D eigenvalue weighted by atomic mass is 10.2. The molecule has 0 aliphatic carbocycles. The Kier molecular flexibility index (Phi) is 5.65. The van der Waals surface area contributed by atoms with E-state index < -0.39 is 0 Å². The fourth-order valence-corrected chi connectivity index (χ4v) is 2.95. The van der Waals surface area contributed by atoms with Crippen LogP contribution in [0.5, 0.6) is 5.88 Å². The van der Waals surface area contributed by atoms with Gasteiger partial charge in [0.15, 0.2) is 0 Å². The molecule has 0 aromatic carbocycles. The molecule has 0 unspecified atom stereocenters.